The van der Waals surface area contributed by atoms with Gasteiger partial charge in [-0.3, -0.25) is 4.90 Å². The monoisotopic (exact) mass is 316 g/mol. The molecule has 0 spiro atoms. The molecule has 2 atom stereocenters. The molecule has 0 unspecified atom stereocenters. The van der Waals surface area contributed by atoms with Crippen LogP contribution in [0.15, 0.2) is 18.2 Å². The predicted molar refractivity (Wildman–Crippen MR) is 87.4 cm³/mol. The van der Waals surface area contributed by atoms with Gasteiger partial charge in [0, 0.05) is 25.3 Å². The fraction of sp³-hybridized carbons (Fsp3) is 0.611. The van der Waals surface area contributed by atoms with Crippen molar-refractivity contribution in [2.45, 2.75) is 58.0 Å². The first kappa shape index (κ1) is 14.8. The summed E-state index contributed by atoms with van der Waals surface area (Å²) in [6, 6.07) is 7.09. The highest BCUT2D eigenvalue weighted by Crippen LogP contribution is 2.35. The molecule has 1 amide bonds. The lowest BCUT2D eigenvalue weighted by Gasteiger charge is -2.29. The van der Waals surface area contributed by atoms with Gasteiger partial charge in [-0.05, 0) is 50.5 Å². The van der Waals surface area contributed by atoms with Crippen molar-refractivity contribution in [3.05, 3.63) is 29.3 Å². The number of carbonyl (C=O) groups excluding carboxylic acids is 1. The van der Waals surface area contributed by atoms with E-state index < -0.39 is 5.60 Å². The Morgan fingerprint density at radius 1 is 1.26 bits per heavy atom. The van der Waals surface area contributed by atoms with Gasteiger partial charge in [-0.25, -0.2) is 4.79 Å². The maximum atomic E-state index is 12.3. The fourth-order valence-corrected chi connectivity index (χ4v) is 3.73. The Hall–Kier alpha value is -1.75. The van der Waals surface area contributed by atoms with Gasteiger partial charge in [-0.15, -0.1) is 0 Å². The molecule has 3 aliphatic rings. The highest BCUT2D eigenvalue weighted by atomic mass is 16.6. The van der Waals surface area contributed by atoms with Crippen molar-refractivity contribution in [2.24, 2.45) is 0 Å². The Bertz CT molecular complexity index is 638. The number of rotatable bonds is 1. The summed E-state index contributed by atoms with van der Waals surface area (Å²) < 4.78 is 11.2. The first-order chi connectivity index (χ1) is 10.9. The molecular weight excluding hydrogens is 292 g/mol. The molecule has 0 radical (unpaired) electrons. The van der Waals surface area contributed by atoms with Crippen LogP contribution in [-0.2, 0) is 22.6 Å². The smallest absolute Gasteiger partial charge is 0.410 e. The zero-order valence-corrected chi connectivity index (χ0v) is 14.0. The minimum atomic E-state index is -0.453. The van der Waals surface area contributed by atoms with Crippen LogP contribution in [0.4, 0.5) is 10.5 Å². The Morgan fingerprint density at radius 3 is 2.70 bits per heavy atom. The van der Waals surface area contributed by atoms with E-state index in [2.05, 4.69) is 23.1 Å². The van der Waals surface area contributed by atoms with E-state index in [0.29, 0.717) is 25.2 Å². The van der Waals surface area contributed by atoms with E-state index in [0.717, 1.165) is 19.6 Å². The van der Waals surface area contributed by atoms with Crippen molar-refractivity contribution in [2.75, 3.05) is 18.1 Å². The molecule has 4 rings (SSSR count). The third-order valence-electron chi connectivity index (χ3n) is 4.80. The molecule has 0 saturated carbocycles. The number of ether oxygens (including phenoxy) is 2. The van der Waals surface area contributed by atoms with Crippen LogP contribution in [0.25, 0.3) is 0 Å². The second kappa shape index (κ2) is 5.13. The first-order valence-electron chi connectivity index (χ1n) is 8.37. The standard InChI is InChI=1S/C18H24N2O3/c1-18(2,3)23-17(21)19-8-12-4-5-14(6-13(12)9-19)20-10-16-7-15(20)11-22-16/h4-6,15-16H,7-11H2,1-3H3/t15-,16-/m0/s1. The summed E-state index contributed by atoms with van der Waals surface area (Å²) in [5.74, 6) is 0. The van der Waals surface area contributed by atoms with E-state index in [-0.39, 0.29) is 6.09 Å². The van der Waals surface area contributed by atoms with Gasteiger partial charge in [0.15, 0.2) is 0 Å². The summed E-state index contributed by atoms with van der Waals surface area (Å²) in [4.78, 5) is 16.5. The van der Waals surface area contributed by atoms with E-state index in [1.54, 1.807) is 4.90 Å². The third-order valence-corrected chi connectivity index (χ3v) is 4.80. The topological polar surface area (TPSA) is 42.0 Å². The third kappa shape index (κ3) is 2.78. The average Bonchev–Trinajstić information content (AvgIpc) is 3.18. The highest BCUT2D eigenvalue weighted by molar-refractivity contribution is 5.70. The number of morpholine rings is 1. The van der Waals surface area contributed by atoms with E-state index in [1.807, 2.05) is 20.8 Å². The largest absolute Gasteiger partial charge is 0.444 e. The number of hydrogen-bond donors (Lipinski definition) is 0. The van der Waals surface area contributed by atoms with Gasteiger partial charge in [0.05, 0.1) is 18.8 Å². The van der Waals surface area contributed by atoms with E-state index in [1.165, 1.54) is 16.8 Å². The molecule has 2 bridgehead atoms. The number of nitrogens with zero attached hydrogens (tertiary/aromatic N) is 2. The van der Waals surface area contributed by atoms with Gasteiger partial charge in [0.1, 0.15) is 5.60 Å². The molecule has 23 heavy (non-hydrogen) atoms. The molecule has 0 aliphatic carbocycles. The van der Waals surface area contributed by atoms with Crippen molar-refractivity contribution in [3.63, 3.8) is 0 Å². The van der Waals surface area contributed by atoms with Crippen molar-refractivity contribution in [1.82, 2.24) is 4.90 Å². The molecule has 0 N–H and O–H groups in total. The Balaban J connectivity index is 1.48. The van der Waals surface area contributed by atoms with Crippen LogP contribution in [-0.4, -0.2) is 41.9 Å². The van der Waals surface area contributed by atoms with Gasteiger partial charge in [-0.1, -0.05) is 6.07 Å². The van der Waals surface area contributed by atoms with Gasteiger partial charge in [-0.2, -0.15) is 0 Å². The maximum absolute atomic E-state index is 12.3. The van der Waals surface area contributed by atoms with Gasteiger partial charge in [0.2, 0.25) is 0 Å². The predicted octanol–water partition coefficient (Wildman–Crippen LogP) is 2.91. The summed E-state index contributed by atoms with van der Waals surface area (Å²) >= 11 is 0. The first-order valence-corrected chi connectivity index (χ1v) is 8.37. The van der Waals surface area contributed by atoms with Crippen molar-refractivity contribution in [3.8, 4) is 0 Å². The number of benzene rings is 1. The molecule has 5 nitrogen and oxygen atoms in total. The zero-order chi connectivity index (χ0) is 16.2. The highest BCUT2D eigenvalue weighted by Gasteiger charge is 2.39. The Labute approximate surface area is 137 Å². The summed E-state index contributed by atoms with van der Waals surface area (Å²) in [5.41, 5.74) is 3.26. The maximum Gasteiger partial charge on any atom is 0.410 e. The number of anilines is 1. The minimum Gasteiger partial charge on any atom is -0.444 e. The van der Waals surface area contributed by atoms with Crippen molar-refractivity contribution >= 4 is 11.8 Å². The molecule has 5 heteroatoms. The normalized spacial score (nSPS) is 25.9. The van der Waals surface area contributed by atoms with Crippen LogP contribution in [0.3, 0.4) is 0 Å². The average molecular weight is 316 g/mol. The van der Waals surface area contributed by atoms with Crippen LogP contribution in [0.1, 0.15) is 38.3 Å². The summed E-state index contributed by atoms with van der Waals surface area (Å²) in [5, 5.41) is 0. The van der Waals surface area contributed by atoms with E-state index >= 15 is 0 Å². The molecule has 3 heterocycles. The lowest BCUT2D eigenvalue weighted by atomic mass is 10.1. The van der Waals surface area contributed by atoms with Crippen LogP contribution in [0.2, 0.25) is 0 Å². The second-order valence-corrected chi connectivity index (χ2v) is 7.79. The molecule has 2 fully saturated rings. The van der Waals surface area contributed by atoms with Crippen molar-refractivity contribution < 1.29 is 14.3 Å². The van der Waals surface area contributed by atoms with Gasteiger partial charge < -0.3 is 14.4 Å². The fourth-order valence-electron chi connectivity index (χ4n) is 3.73. The summed E-state index contributed by atoms with van der Waals surface area (Å²) in [6.07, 6.45) is 1.30. The zero-order valence-electron chi connectivity index (χ0n) is 14.0. The molecule has 3 aliphatic heterocycles. The Kier molecular flexibility index (Phi) is 3.30. The number of amides is 1. The minimum absolute atomic E-state index is 0.233. The van der Waals surface area contributed by atoms with Gasteiger partial charge in [0.25, 0.3) is 0 Å². The number of hydrogen-bond acceptors (Lipinski definition) is 4. The second-order valence-electron chi connectivity index (χ2n) is 7.79. The number of carbonyl (C=O) groups is 1. The molecule has 1 aromatic rings. The van der Waals surface area contributed by atoms with Gasteiger partial charge >= 0.3 is 6.09 Å². The Morgan fingerprint density at radius 2 is 2.04 bits per heavy atom. The molecular formula is C18H24N2O3. The quantitative estimate of drug-likeness (QED) is 0.799. The molecule has 2 saturated heterocycles. The van der Waals surface area contributed by atoms with E-state index in [9.17, 15) is 4.79 Å². The van der Waals surface area contributed by atoms with Crippen LogP contribution in [0, 0.1) is 0 Å². The van der Waals surface area contributed by atoms with Crippen molar-refractivity contribution in [1.29, 1.82) is 0 Å². The summed E-state index contributed by atoms with van der Waals surface area (Å²) in [7, 11) is 0. The van der Waals surface area contributed by atoms with Crippen LogP contribution < -0.4 is 4.90 Å². The van der Waals surface area contributed by atoms with Crippen LogP contribution in [0.5, 0.6) is 0 Å². The SMILES string of the molecule is CC(C)(C)OC(=O)N1Cc2ccc(N3C[C@@H]4C[C@H]3CO4)cc2C1. The van der Waals surface area contributed by atoms with E-state index in [4.69, 9.17) is 9.47 Å². The van der Waals surface area contributed by atoms with Crippen LogP contribution >= 0.6 is 0 Å². The number of fused-ring (bicyclic) bond motifs is 3. The molecule has 124 valence electrons. The molecule has 1 aromatic carbocycles. The summed E-state index contributed by atoms with van der Waals surface area (Å²) in [6.45, 7) is 8.80. The lowest BCUT2D eigenvalue weighted by Crippen LogP contribution is -2.36. The lowest BCUT2D eigenvalue weighted by molar-refractivity contribution is 0.0242. The molecule has 0 aromatic heterocycles.